The van der Waals surface area contributed by atoms with Gasteiger partial charge in [0, 0.05) is 59.5 Å². The van der Waals surface area contributed by atoms with Crippen LogP contribution in [0.15, 0.2) is 12.8 Å². The van der Waals surface area contributed by atoms with Crippen molar-refractivity contribution in [1.82, 2.24) is 24.9 Å². The van der Waals surface area contributed by atoms with Crippen molar-refractivity contribution in [2.45, 2.75) is 0 Å². The van der Waals surface area contributed by atoms with E-state index in [9.17, 15) is 4.79 Å². The fraction of sp³-hybridized carbons (Fsp3) is 0.812. The van der Waals surface area contributed by atoms with Crippen molar-refractivity contribution in [3.05, 3.63) is 12.8 Å². The monoisotopic (exact) mass is 327 g/mol. The summed E-state index contributed by atoms with van der Waals surface area (Å²) in [6.07, 6.45) is 1.75. The molecule has 0 bridgehead atoms. The van der Waals surface area contributed by atoms with Crippen LogP contribution >= 0.6 is 0 Å². The third-order valence-electron chi connectivity index (χ3n) is 4.18. The molecule has 2 heterocycles. The second-order valence-electron chi connectivity index (χ2n) is 6.10. The number of carbonyl (C=O) groups is 1. The highest BCUT2D eigenvalue weighted by molar-refractivity contribution is 5.77. The average molecular weight is 327 g/mol. The lowest BCUT2D eigenvalue weighted by Gasteiger charge is -2.32. The van der Waals surface area contributed by atoms with Crippen LogP contribution in [-0.2, 0) is 9.53 Å². The van der Waals surface area contributed by atoms with E-state index in [0.29, 0.717) is 0 Å². The Labute approximate surface area is 140 Å². The molecule has 2 aliphatic rings. The molecule has 0 saturated carbocycles. The summed E-state index contributed by atoms with van der Waals surface area (Å²) in [5.74, 6) is 0.102. The highest BCUT2D eigenvalue weighted by Gasteiger charge is 2.18. The quantitative estimate of drug-likeness (QED) is 0.723. The van der Waals surface area contributed by atoms with Crippen molar-refractivity contribution in [3.8, 4) is 0 Å². The highest BCUT2D eigenvalue weighted by atomic mass is 16.5. The molecule has 0 aromatic heterocycles. The fourth-order valence-corrected chi connectivity index (χ4v) is 2.47. The molecule has 134 valence electrons. The zero-order chi connectivity index (χ0) is 17.1. The van der Waals surface area contributed by atoms with Crippen LogP contribution in [-0.4, -0.2) is 112 Å². The number of hydrogen-bond acceptors (Lipinski definition) is 6. The van der Waals surface area contributed by atoms with E-state index in [-0.39, 0.29) is 12.5 Å². The number of carbonyl (C=O) groups excluding carboxylic acids is 1. The molecule has 7 heteroatoms. The van der Waals surface area contributed by atoms with Gasteiger partial charge >= 0.3 is 0 Å². The van der Waals surface area contributed by atoms with Crippen LogP contribution in [0.5, 0.6) is 0 Å². The first-order valence-corrected chi connectivity index (χ1v) is 8.27. The van der Waals surface area contributed by atoms with E-state index in [0.717, 1.165) is 45.9 Å². The molecule has 0 radical (unpaired) electrons. The lowest BCUT2D eigenvalue weighted by Crippen LogP contribution is -2.48. The zero-order valence-electron chi connectivity index (χ0n) is 15.0. The van der Waals surface area contributed by atoms with Crippen molar-refractivity contribution in [2.24, 2.45) is 0 Å². The van der Waals surface area contributed by atoms with E-state index in [4.69, 9.17) is 4.74 Å². The summed E-state index contributed by atoms with van der Waals surface area (Å²) in [7, 11) is 5.78. The number of nitrogens with one attached hydrogen (secondary N) is 1. The smallest absolute Gasteiger partial charge is 0.248 e. The van der Waals surface area contributed by atoms with E-state index in [1.54, 1.807) is 13.3 Å². The van der Waals surface area contributed by atoms with Gasteiger partial charge in [-0.25, -0.2) is 0 Å². The maximum atomic E-state index is 11.3. The van der Waals surface area contributed by atoms with Gasteiger partial charge in [-0.1, -0.05) is 6.58 Å². The van der Waals surface area contributed by atoms with Gasteiger partial charge in [-0.3, -0.25) is 9.69 Å². The van der Waals surface area contributed by atoms with E-state index in [1.807, 2.05) is 4.90 Å². The molecule has 0 spiro atoms. The van der Waals surface area contributed by atoms with Gasteiger partial charge in [0.1, 0.15) is 6.61 Å². The fourth-order valence-electron chi connectivity index (χ4n) is 2.47. The predicted octanol–water partition coefficient (Wildman–Crippen LogP) is -0.669. The summed E-state index contributed by atoms with van der Waals surface area (Å²) < 4.78 is 4.78. The first-order valence-electron chi connectivity index (χ1n) is 8.27. The minimum absolute atomic E-state index is 0.102. The summed E-state index contributed by atoms with van der Waals surface area (Å²) in [5, 5.41) is 3.10. The first kappa shape index (κ1) is 19.9. The van der Waals surface area contributed by atoms with Gasteiger partial charge in [0.05, 0.1) is 6.67 Å². The molecule has 2 rings (SSSR count). The molecular weight excluding hydrogens is 294 g/mol. The minimum Gasteiger partial charge on any atom is -0.379 e. The number of rotatable bonds is 5. The maximum Gasteiger partial charge on any atom is 0.248 e. The van der Waals surface area contributed by atoms with Gasteiger partial charge in [-0.05, 0) is 20.3 Å². The third-order valence-corrected chi connectivity index (χ3v) is 4.18. The number of hydrogen-bond donors (Lipinski definition) is 1. The van der Waals surface area contributed by atoms with Gasteiger partial charge < -0.3 is 24.8 Å². The topological polar surface area (TPSA) is 51.3 Å². The Kier molecular flexibility index (Phi) is 9.86. The molecule has 2 saturated heterocycles. The third kappa shape index (κ3) is 8.31. The van der Waals surface area contributed by atoms with E-state index in [2.05, 4.69) is 40.7 Å². The Hall–Kier alpha value is -1.15. The number of amides is 1. The van der Waals surface area contributed by atoms with Gasteiger partial charge in [0.15, 0.2) is 0 Å². The second kappa shape index (κ2) is 11.4. The lowest BCUT2D eigenvalue weighted by molar-refractivity contribution is -0.136. The van der Waals surface area contributed by atoms with Crippen LogP contribution in [0.25, 0.3) is 0 Å². The highest BCUT2D eigenvalue weighted by Crippen LogP contribution is 1.99. The normalized spacial score (nSPS) is 20.6. The van der Waals surface area contributed by atoms with Crippen LogP contribution in [0.4, 0.5) is 0 Å². The van der Waals surface area contributed by atoms with Gasteiger partial charge in [0.25, 0.3) is 0 Å². The average Bonchev–Trinajstić information content (AvgIpc) is 2.56. The summed E-state index contributed by atoms with van der Waals surface area (Å²) in [6.45, 7) is 13.1. The van der Waals surface area contributed by atoms with E-state index in [1.165, 1.54) is 13.1 Å². The number of methoxy groups -OCH3 is 1. The van der Waals surface area contributed by atoms with E-state index >= 15 is 0 Å². The van der Waals surface area contributed by atoms with Crippen LogP contribution in [0.3, 0.4) is 0 Å². The molecule has 2 aliphatic heterocycles. The Bertz CT molecular complexity index is 337. The molecule has 1 N–H and O–H groups in total. The predicted molar refractivity (Wildman–Crippen MR) is 93.2 cm³/mol. The molecule has 1 amide bonds. The Morgan fingerprint density at radius 2 is 1.57 bits per heavy atom. The summed E-state index contributed by atoms with van der Waals surface area (Å²) in [6, 6.07) is 0. The van der Waals surface area contributed by atoms with Crippen molar-refractivity contribution >= 4 is 5.91 Å². The summed E-state index contributed by atoms with van der Waals surface area (Å²) >= 11 is 0. The molecular formula is C16H33N5O2. The summed E-state index contributed by atoms with van der Waals surface area (Å²) in [5.41, 5.74) is 0. The van der Waals surface area contributed by atoms with Gasteiger partial charge in [-0.15, -0.1) is 0 Å². The Balaban J connectivity index is 0.000000231. The largest absolute Gasteiger partial charge is 0.379 e. The Morgan fingerprint density at radius 1 is 1.04 bits per heavy atom. The lowest BCUT2D eigenvalue weighted by atomic mass is 10.3. The summed E-state index contributed by atoms with van der Waals surface area (Å²) in [4.78, 5) is 20.1. The van der Waals surface area contributed by atoms with Crippen LogP contribution in [0, 0.1) is 0 Å². The molecule has 0 atom stereocenters. The number of ether oxygens (including phenoxy) is 1. The van der Waals surface area contributed by atoms with Crippen molar-refractivity contribution in [1.29, 1.82) is 0 Å². The molecule has 0 aromatic carbocycles. The molecule has 2 fully saturated rings. The molecule has 23 heavy (non-hydrogen) atoms. The molecule has 0 unspecified atom stereocenters. The second-order valence-corrected chi connectivity index (χ2v) is 6.10. The minimum atomic E-state index is 0.102. The van der Waals surface area contributed by atoms with Crippen molar-refractivity contribution < 1.29 is 9.53 Å². The standard InChI is InChI=1S/C8H17N3.C8H16N2O2/c1-3-9-8-11-6-4-10(2)5-7-11;1-9-3-5-10(6-4-9)8(11)7-12-2/h3,9H,1,4-8H2,2H3;3-7H2,1-2H3. The molecule has 0 aliphatic carbocycles. The van der Waals surface area contributed by atoms with Crippen LogP contribution < -0.4 is 5.32 Å². The molecule has 7 nitrogen and oxygen atoms in total. The Morgan fingerprint density at radius 3 is 2.04 bits per heavy atom. The van der Waals surface area contributed by atoms with Gasteiger partial charge in [0.2, 0.25) is 5.91 Å². The van der Waals surface area contributed by atoms with Crippen molar-refractivity contribution in [3.63, 3.8) is 0 Å². The number of piperazine rings is 2. The van der Waals surface area contributed by atoms with Crippen LogP contribution in [0.1, 0.15) is 0 Å². The number of nitrogens with zero attached hydrogens (tertiary/aromatic N) is 4. The molecule has 0 aromatic rings. The number of likely N-dealkylation sites (N-methyl/N-ethyl adjacent to an activating group) is 2. The van der Waals surface area contributed by atoms with Gasteiger partial charge in [-0.2, -0.15) is 0 Å². The SMILES string of the molecule is C=CNCN1CCN(C)CC1.COCC(=O)N1CCN(C)CC1. The van der Waals surface area contributed by atoms with Crippen LogP contribution in [0.2, 0.25) is 0 Å². The first-order chi connectivity index (χ1) is 11.1. The van der Waals surface area contributed by atoms with E-state index < -0.39 is 0 Å². The van der Waals surface area contributed by atoms with Crippen molar-refractivity contribution in [2.75, 3.05) is 86.8 Å². The maximum absolute atomic E-state index is 11.3. The zero-order valence-corrected chi connectivity index (χ0v) is 15.0.